The van der Waals surface area contributed by atoms with Crippen LogP contribution in [-0.4, -0.2) is 12.6 Å². The zero-order valence-electron chi connectivity index (χ0n) is 7.17. The Kier molecular flexibility index (Phi) is 3.68. The Balaban J connectivity index is 3.10. The quantitative estimate of drug-likeness (QED) is 0.653. The second-order valence-electron chi connectivity index (χ2n) is 2.39. The molecule has 3 nitrogen and oxygen atoms in total. The topological polar surface area (TPSA) is 41.5 Å². The predicted molar refractivity (Wildman–Crippen MR) is 56.1 cm³/mol. The molecule has 0 radical (unpaired) electrons. The fourth-order valence-electron chi connectivity index (χ4n) is 0.986. The first-order chi connectivity index (χ1) is 6.27. The average molecular weight is 241 g/mol. The van der Waals surface area contributed by atoms with Crippen molar-refractivity contribution in [2.75, 3.05) is 11.9 Å². The third kappa shape index (κ3) is 2.68. The maximum atomic E-state index is 10.1. The minimum absolute atomic E-state index is 0.603. The fourth-order valence-corrected chi connectivity index (χ4v) is 1.34. The van der Waals surface area contributed by atoms with E-state index in [2.05, 4.69) is 26.2 Å². The molecule has 1 aromatic carbocycles. The van der Waals surface area contributed by atoms with Crippen LogP contribution in [0.4, 0.5) is 11.4 Å². The van der Waals surface area contributed by atoms with Gasteiger partial charge in [-0.25, -0.2) is 4.79 Å². The molecule has 1 rings (SSSR count). The second-order valence-corrected chi connectivity index (χ2v) is 3.31. The minimum Gasteiger partial charge on any atom is -0.384 e. The Morgan fingerprint density at radius 3 is 3.00 bits per heavy atom. The van der Waals surface area contributed by atoms with E-state index in [4.69, 9.17) is 0 Å². The van der Waals surface area contributed by atoms with Crippen LogP contribution in [0.3, 0.4) is 0 Å². The molecule has 0 spiro atoms. The molecule has 0 saturated carbocycles. The van der Waals surface area contributed by atoms with Gasteiger partial charge in [-0.05, 0) is 25.1 Å². The Morgan fingerprint density at radius 1 is 1.62 bits per heavy atom. The molecule has 0 aliphatic carbocycles. The number of halogens is 1. The highest BCUT2D eigenvalue weighted by molar-refractivity contribution is 9.10. The first kappa shape index (κ1) is 9.96. The molecule has 13 heavy (non-hydrogen) atoms. The van der Waals surface area contributed by atoms with Gasteiger partial charge in [0.2, 0.25) is 6.08 Å². The van der Waals surface area contributed by atoms with Crippen molar-refractivity contribution in [3.8, 4) is 0 Å². The van der Waals surface area contributed by atoms with Crippen LogP contribution in [0.2, 0.25) is 0 Å². The Bertz CT molecular complexity index is 345. The van der Waals surface area contributed by atoms with Crippen molar-refractivity contribution >= 4 is 33.4 Å². The highest BCUT2D eigenvalue weighted by atomic mass is 79.9. The molecule has 0 aliphatic heterocycles. The summed E-state index contributed by atoms with van der Waals surface area (Å²) in [6.07, 6.45) is 1.52. The fraction of sp³-hybridized carbons (Fsp3) is 0.222. The number of benzene rings is 1. The summed E-state index contributed by atoms with van der Waals surface area (Å²) in [6.45, 7) is 2.78. The number of carbonyl (C=O) groups excluding carboxylic acids is 1. The minimum atomic E-state index is 0.603. The van der Waals surface area contributed by atoms with Crippen LogP contribution in [0, 0.1) is 0 Å². The van der Waals surface area contributed by atoms with E-state index < -0.39 is 0 Å². The molecule has 0 aliphatic rings. The zero-order valence-corrected chi connectivity index (χ0v) is 8.76. The van der Waals surface area contributed by atoms with Gasteiger partial charge in [0.25, 0.3) is 0 Å². The molecule has 68 valence electrons. The third-order valence-electron chi connectivity index (χ3n) is 1.49. The second kappa shape index (κ2) is 4.80. The number of anilines is 1. The molecule has 0 saturated heterocycles. The number of aliphatic imine (C=N–C) groups is 1. The number of nitrogens with one attached hydrogen (secondary N) is 1. The van der Waals surface area contributed by atoms with Crippen molar-refractivity contribution in [1.82, 2.24) is 0 Å². The lowest BCUT2D eigenvalue weighted by molar-refractivity contribution is 0.565. The molecule has 0 fully saturated rings. The molecule has 0 aromatic heterocycles. The molecule has 0 bridgehead atoms. The van der Waals surface area contributed by atoms with Crippen LogP contribution in [0.25, 0.3) is 0 Å². The molecule has 0 unspecified atom stereocenters. The van der Waals surface area contributed by atoms with E-state index >= 15 is 0 Å². The maximum Gasteiger partial charge on any atom is 0.240 e. The van der Waals surface area contributed by atoms with Crippen LogP contribution >= 0.6 is 15.9 Å². The summed E-state index contributed by atoms with van der Waals surface area (Å²) in [7, 11) is 0. The van der Waals surface area contributed by atoms with Gasteiger partial charge < -0.3 is 5.32 Å². The largest absolute Gasteiger partial charge is 0.384 e. The van der Waals surface area contributed by atoms with Crippen molar-refractivity contribution in [3.63, 3.8) is 0 Å². The third-order valence-corrected chi connectivity index (χ3v) is 1.99. The number of isocyanates is 1. The molecular formula is C9H9BrN2O. The van der Waals surface area contributed by atoms with E-state index in [-0.39, 0.29) is 0 Å². The molecule has 1 N–H and O–H groups in total. The summed E-state index contributed by atoms with van der Waals surface area (Å²) in [5.74, 6) is 0. The van der Waals surface area contributed by atoms with E-state index in [0.29, 0.717) is 5.69 Å². The first-order valence-corrected chi connectivity index (χ1v) is 4.68. The van der Waals surface area contributed by atoms with Crippen molar-refractivity contribution in [1.29, 1.82) is 0 Å². The van der Waals surface area contributed by atoms with Crippen molar-refractivity contribution < 1.29 is 4.79 Å². The lowest BCUT2D eigenvalue weighted by Gasteiger charge is -2.05. The Morgan fingerprint density at radius 2 is 2.38 bits per heavy atom. The average Bonchev–Trinajstić information content (AvgIpc) is 2.10. The number of hydrogen-bond acceptors (Lipinski definition) is 3. The summed E-state index contributed by atoms with van der Waals surface area (Å²) >= 11 is 3.30. The molecule has 0 atom stereocenters. The summed E-state index contributed by atoms with van der Waals surface area (Å²) in [5.41, 5.74) is 1.44. The summed E-state index contributed by atoms with van der Waals surface area (Å²) in [6, 6.07) is 5.52. The van der Waals surface area contributed by atoms with E-state index in [1.807, 2.05) is 19.1 Å². The molecule has 1 aromatic rings. The van der Waals surface area contributed by atoms with Crippen LogP contribution < -0.4 is 5.32 Å². The summed E-state index contributed by atoms with van der Waals surface area (Å²) in [4.78, 5) is 13.7. The summed E-state index contributed by atoms with van der Waals surface area (Å²) in [5, 5.41) is 3.09. The molecule has 0 amide bonds. The van der Waals surface area contributed by atoms with Gasteiger partial charge in [-0.2, -0.15) is 4.99 Å². The SMILES string of the molecule is CCNc1ccc(Br)cc1N=C=O. The van der Waals surface area contributed by atoms with Crippen molar-refractivity contribution in [3.05, 3.63) is 22.7 Å². The molecular weight excluding hydrogens is 232 g/mol. The van der Waals surface area contributed by atoms with Crippen LogP contribution in [0.5, 0.6) is 0 Å². The van der Waals surface area contributed by atoms with Crippen LogP contribution in [0.1, 0.15) is 6.92 Å². The van der Waals surface area contributed by atoms with Crippen LogP contribution in [0.15, 0.2) is 27.7 Å². The smallest absolute Gasteiger partial charge is 0.240 e. The van der Waals surface area contributed by atoms with E-state index in [0.717, 1.165) is 16.7 Å². The van der Waals surface area contributed by atoms with Gasteiger partial charge in [0.15, 0.2) is 0 Å². The maximum absolute atomic E-state index is 10.1. The highest BCUT2D eigenvalue weighted by Gasteiger charge is 1.99. The summed E-state index contributed by atoms with van der Waals surface area (Å²) < 4.78 is 0.892. The lowest BCUT2D eigenvalue weighted by atomic mass is 10.2. The van der Waals surface area contributed by atoms with Gasteiger partial charge >= 0.3 is 0 Å². The number of rotatable bonds is 3. The lowest BCUT2D eigenvalue weighted by Crippen LogP contribution is -1.96. The van der Waals surface area contributed by atoms with Gasteiger partial charge in [-0.3, -0.25) is 0 Å². The number of nitrogens with zero attached hydrogens (tertiary/aromatic N) is 1. The standard InChI is InChI=1S/C9H9BrN2O/c1-2-11-8-4-3-7(10)5-9(8)12-6-13/h3-5,11H,2H2,1H3. The van der Waals surface area contributed by atoms with Gasteiger partial charge in [-0.15, -0.1) is 0 Å². The molecule has 0 heterocycles. The van der Waals surface area contributed by atoms with Gasteiger partial charge in [-0.1, -0.05) is 15.9 Å². The van der Waals surface area contributed by atoms with Crippen molar-refractivity contribution in [2.45, 2.75) is 6.92 Å². The Hall–Kier alpha value is -1.12. The first-order valence-electron chi connectivity index (χ1n) is 3.89. The van der Waals surface area contributed by atoms with E-state index in [1.165, 1.54) is 6.08 Å². The monoisotopic (exact) mass is 240 g/mol. The van der Waals surface area contributed by atoms with Gasteiger partial charge in [0.05, 0.1) is 5.69 Å². The van der Waals surface area contributed by atoms with Gasteiger partial charge in [0.1, 0.15) is 5.69 Å². The number of hydrogen-bond donors (Lipinski definition) is 1. The zero-order chi connectivity index (χ0) is 9.68. The molecule has 4 heteroatoms. The normalized spacial score (nSPS) is 9.08. The van der Waals surface area contributed by atoms with Crippen molar-refractivity contribution in [2.24, 2.45) is 4.99 Å². The highest BCUT2D eigenvalue weighted by Crippen LogP contribution is 2.27. The van der Waals surface area contributed by atoms with Crippen LogP contribution in [-0.2, 0) is 4.79 Å². The Labute approximate surface area is 85.0 Å². The van der Waals surface area contributed by atoms with E-state index in [1.54, 1.807) is 6.07 Å². The van der Waals surface area contributed by atoms with E-state index in [9.17, 15) is 4.79 Å². The van der Waals surface area contributed by atoms with Gasteiger partial charge in [0, 0.05) is 11.0 Å². The predicted octanol–water partition coefficient (Wildman–Crippen LogP) is 2.85.